The fourth-order valence-electron chi connectivity index (χ4n) is 2.26. The first-order valence-corrected chi connectivity index (χ1v) is 6.11. The van der Waals surface area contributed by atoms with E-state index in [-0.39, 0.29) is 0 Å². The van der Waals surface area contributed by atoms with E-state index in [4.69, 9.17) is 4.42 Å². The molecule has 2 aromatic heterocycles. The molecular weight excluding hydrogens is 236 g/mol. The molecule has 0 atom stereocenters. The summed E-state index contributed by atoms with van der Waals surface area (Å²) < 4.78 is 5.79. The molecule has 0 bridgehead atoms. The molecule has 0 aliphatic carbocycles. The topological polar surface area (TPSA) is 38.9 Å². The average Bonchev–Trinajstić information content (AvgIpc) is 2.90. The predicted molar refractivity (Wildman–Crippen MR) is 74.7 cm³/mol. The molecule has 0 aliphatic heterocycles. The monoisotopic (exact) mass is 246 g/mol. The van der Waals surface area contributed by atoms with Crippen molar-refractivity contribution in [3.63, 3.8) is 0 Å². The molecule has 0 saturated carbocycles. The second-order valence-electron chi connectivity index (χ2n) is 4.37. The number of benzene rings is 2. The molecule has 0 radical (unpaired) electrons. The van der Waals surface area contributed by atoms with Crippen molar-refractivity contribution >= 4 is 21.9 Å². The van der Waals surface area contributed by atoms with E-state index in [1.165, 1.54) is 0 Å². The Bertz CT molecular complexity index is 842. The largest absolute Gasteiger partial charge is 0.435 e. The highest BCUT2D eigenvalue weighted by molar-refractivity contribution is 5.93. The zero-order chi connectivity index (χ0) is 12.7. The number of rotatable bonds is 1. The smallest absolute Gasteiger partial charge is 0.246 e. The van der Waals surface area contributed by atoms with E-state index in [0.29, 0.717) is 5.89 Å². The zero-order valence-corrected chi connectivity index (χ0v) is 10.1. The molecule has 3 heteroatoms. The van der Waals surface area contributed by atoms with Gasteiger partial charge in [-0.1, -0.05) is 36.4 Å². The van der Waals surface area contributed by atoms with Crippen LogP contribution >= 0.6 is 0 Å². The number of oxazole rings is 1. The lowest BCUT2D eigenvalue weighted by atomic mass is 10.1. The molecule has 0 amide bonds. The van der Waals surface area contributed by atoms with Gasteiger partial charge in [-0.2, -0.15) is 0 Å². The first-order valence-electron chi connectivity index (χ1n) is 6.11. The second kappa shape index (κ2) is 3.92. The first-order chi connectivity index (χ1) is 9.42. The van der Waals surface area contributed by atoms with E-state index in [1.807, 2.05) is 48.5 Å². The minimum atomic E-state index is 0.568. The Kier molecular flexibility index (Phi) is 2.12. The summed E-state index contributed by atoms with van der Waals surface area (Å²) in [5.74, 6) is 0.568. The molecule has 2 aromatic carbocycles. The molecule has 0 N–H and O–H groups in total. The van der Waals surface area contributed by atoms with Crippen LogP contribution in [0.5, 0.6) is 0 Å². The molecule has 19 heavy (non-hydrogen) atoms. The van der Waals surface area contributed by atoms with Crippen LogP contribution in [0.2, 0.25) is 0 Å². The minimum absolute atomic E-state index is 0.568. The number of para-hydroxylation sites is 2. The van der Waals surface area contributed by atoms with Crippen molar-refractivity contribution in [2.45, 2.75) is 0 Å². The Morgan fingerprint density at radius 3 is 2.63 bits per heavy atom. The predicted octanol–water partition coefficient (Wildman–Crippen LogP) is 4.04. The van der Waals surface area contributed by atoms with E-state index in [1.54, 1.807) is 6.20 Å². The van der Waals surface area contributed by atoms with Crippen LogP contribution in [0, 0.1) is 0 Å². The highest BCUT2D eigenvalue weighted by Crippen LogP contribution is 2.28. The molecule has 0 unspecified atom stereocenters. The van der Waals surface area contributed by atoms with Gasteiger partial charge in [0.15, 0.2) is 5.58 Å². The quantitative estimate of drug-likeness (QED) is 0.508. The third-order valence-corrected chi connectivity index (χ3v) is 3.17. The number of hydrogen-bond acceptors (Lipinski definition) is 3. The Morgan fingerprint density at radius 2 is 1.68 bits per heavy atom. The summed E-state index contributed by atoms with van der Waals surface area (Å²) in [5.41, 5.74) is 2.42. The van der Waals surface area contributed by atoms with E-state index in [2.05, 4.69) is 16.0 Å². The van der Waals surface area contributed by atoms with Gasteiger partial charge in [0.05, 0.1) is 0 Å². The summed E-state index contributed by atoms with van der Waals surface area (Å²) in [5, 5.41) is 2.19. The summed E-state index contributed by atoms with van der Waals surface area (Å²) in [6, 6.07) is 17.8. The van der Waals surface area contributed by atoms with Gasteiger partial charge >= 0.3 is 0 Å². The molecule has 0 saturated heterocycles. The summed E-state index contributed by atoms with van der Waals surface area (Å²) in [6.45, 7) is 0. The van der Waals surface area contributed by atoms with E-state index in [0.717, 1.165) is 27.6 Å². The van der Waals surface area contributed by atoms with Gasteiger partial charge in [-0.15, -0.1) is 0 Å². The van der Waals surface area contributed by atoms with Crippen LogP contribution in [-0.4, -0.2) is 9.97 Å². The van der Waals surface area contributed by atoms with Gasteiger partial charge < -0.3 is 4.42 Å². The zero-order valence-electron chi connectivity index (χ0n) is 10.1. The number of hydrogen-bond donors (Lipinski definition) is 0. The van der Waals surface area contributed by atoms with Gasteiger partial charge in [0.2, 0.25) is 5.89 Å². The van der Waals surface area contributed by atoms with Gasteiger partial charge in [-0.3, -0.25) is 4.98 Å². The van der Waals surface area contributed by atoms with E-state index in [9.17, 15) is 0 Å². The van der Waals surface area contributed by atoms with Crippen LogP contribution in [0.15, 0.2) is 65.2 Å². The second-order valence-corrected chi connectivity index (χ2v) is 4.37. The SMILES string of the molecule is c1ccc2c(-c3nc4ccccc4o3)nccc2c1. The number of aromatic nitrogens is 2. The Labute approximate surface area is 109 Å². The molecule has 2 heterocycles. The molecule has 0 spiro atoms. The molecule has 0 fully saturated rings. The lowest BCUT2D eigenvalue weighted by Gasteiger charge is -2.00. The first kappa shape index (κ1) is 10.3. The summed E-state index contributed by atoms with van der Waals surface area (Å²) in [7, 11) is 0. The van der Waals surface area contributed by atoms with Crippen molar-refractivity contribution in [3.8, 4) is 11.6 Å². The third-order valence-electron chi connectivity index (χ3n) is 3.17. The maximum Gasteiger partial charge on any atom is 0.246 e. The van der Waals surface area contributed by atoms with E-state index >= 15 is 0 Å². The van der Waals surface area contributed by atoms with Crippen LogP contribution in [0.3, 0.4) is 0 Å². The third kappa shape index (κ3) is 1.59. The highest BCUT2D eigenvalue weighted by atomic mass is 16.3. The van der Waals surface area contributed by atoms with E-state index < -0.39 is 0 Å². The van der Waals surface area contributed by atoms with Gasteiger partial charge in [0, 0.05) is 11.6 Å². The van der Waals surface area contributed by atoms with Gasteiger partial charge in [0.1, 0.15) is 11.2 Å². The summed E-state index contributed by atoms with van der Waals surface area (Å²) in [4.78, 5) is 8.92. The van der Waals surface area contributed by atoms with Crippen molar-refractivity contribution in [1.29, 1.82) is 0 Å². The molecule has 4 rings (SSSR count). The number of nitrogens with zero attached hydrogens (tertiary/aromatic N) is 2. The van der Waals surface area contributed by atoms with Crippen molar-refractivity contribution in [3.05, 3.63) is 60.8 Å². The summed E-state index contributed by atoms with van der Waals surface area (Å²) >= 11 is 0. The molecule has 4 aromatic rings. The Hall–Kier alpha value is -2.68. The normalized spacial score (nSPS) is 11.2. The fraction of sp³-hybridized carbons (Fsp3) is 0. The average molecular weight is 246 g/mol. The highest BCUT2D eigenvalue weighted by Gasteiger charge is 2.11. The van der Waals surface area contributed by atoms with Gasteiger partial charge in [-0.25, -0.2) is 4.98 Å². The summed E-state index contributed by atoms with van der Waals surface area (Å²) in [6.07, 6.45) is 1.78. The maximum absolute atomic E-state index is 5.79. The van der Waals surface area contributed by atoms with Crippen molar-refractivity contribution in [2.75, 3.05) is 0 Å². The molecule has 3 nitrogen and oxygen atoms in total. The van der Waals surface area contributed by atoms with Crippen molar-refractivity contribution < 1.29 is 4.42 Å². The van der Waals surface area contributed by atoms with Crippen LogP contribution in [-0.2, 0) is 0 Å². The van der Waals surface area contributed by atoms with Crippen LogP contribution in [0.25, 0.3) is 33.5 Å². The number of fused-ring (bicyclic) bond motifs is 2. The Morgan fingerprint density at radius 1 is 0.842 bits per heavy atom. The lowest BCUT2D eigenvalue weighted by molar-refractivity contribution is 0.618. The standard InChI is InChI=1S/C16H10N2O/c1-2-6-12-11(5-1)9-10-17-15(12)16-18-13-7-3-4-8-14(13)19-16/h1-10H. The van der Waals surface area contributed by atoms with Crippen LogP contribution in [0.4, 0.5) is 0 Å². The molecule has 0 aliphatic rings. The van der Waals surface area contributed by atoms with Crippen molar-refractivity contribution in [2.24, 2.45) is 0 Å². The van der Waals surface area contributed by atoms with Crippen molar-refractivity contribution in [1.82, 2.24) is 9.97 Å². The van der Waals surface area contributed by atoms with Crippen LogP contribution in [0.1, 0.15) is 0 Å². The van der Waals surface area contributed by atoms with Gasteiger partial charge in [0.25, 0.3) is 0 Å². The lowest BCUT2D eigenvalue weighted by Crippen LogP contribution is -1.85. The van der Waals surface area contributed by atoms with Crippen LogP contribution < -0.4 is 0 Å². The minimum Gasteiger partial charge on any atom is -0.435 e. The van der Waals surface area contributed by atoms with Gasteiger partial charge in [-0.05, 0) is 23.6 Å². The Balaban J connectivity index is 2.03. The number of pyridine rings is 1. The maximum atomic E-state index is 5.79. The molecular formula is C16H10N2O. The molecule has 90 valence electrons. The fourth-order valence-corrected chi connectivity index (χ4v) is 2.26.